The molecule has 0 aliphatic heterocycles. The molecule has 0 bridgehead atoms. The summed E-state index contributed by atoms with van der Waals surface area (Å²) < 4.78 is 3.39. The van der Waals surface area contributed by atoms with Crippen molar-refractivity contribution < 1.29 is 73.9 Å². The van der Waals surface area contributed by atoms with Crippen LogP contribution in [0.1, 0.15) is 26.2 Å². The predicted octanol–water partition coefficient (Wildman–Crippen LogP) is -5.86. The zero-order valence-electron chi connectivity index (χ0n) is 7.69. The van der Waals surface area contributed by atoms with E-state index in [2.05, 4.69) is 25.2 Å². The molecule has 0 amide bonds. The van der Waals surface area contributed by atoms with Gasteiger partial charge in [0.1, 0.15) is 0 Å². The van der Waals surface area contributed by atoms with Crippen LogP contribution in [-0.2, 0) is 22.9 Å². The second-order valence-corrected chi connectivity index (χ2v) is 7.98. The maximum Gasteiger partial charge on any atom is -1.00 e. The summed E-state index contributed by atoms with van der Waals surface area (Å²) >= 11 is -0.283. The molecule has 0 unspecified atom stereocenters. The van der Waals surface area contributed by atoms with Crippen LogP contribution in [0.15, 0.2) is 21.6 Å². The van der Waals surface area contributed by atoms with Crippen LogP contribution in [0.25, 0.3) is 0 Å². The third kappa shape index (κ3) is 10.1. The fraction of sp³-hybridized carbons (Fsp3) is 0.556. The molecular formula is C9H14Br3Hf. The van der Waals surface area contributed by atoms with Crippen molar-refractivity contribution in [1.29, 1.82) is 0 Å². The van der Waals surface area contributed by atoms with Gasteiger partial charge in [-0.3, -0.25) is 0 Å². The molecule has 0 nitrogen and oxygen atoms in total. The van der Waals surface area contributed by atoms with Gasteiger partial charge in [-0.05, 0) is 0 Å². The second-order valence-electron chi connectivity index (χ2n) is 2.60. The quantitative estimate of drug-likeness (QED) is 0.247. The number of halogens is 3. The molecule has 0 heterocycles. The summed E-state index contributed by atoms with van der Waals surface area (Å²) in [7, 11) is 0. The van der Waals surface area contributed by atoms with Crippen LogP contribution in [0.4, 0.5) is 0 Å². The van der Waals surface area contributed by atoms with Gasteiger partial charge >= 0.3 is 74.8 Å². The molecule has 1 aliphatic rings. The van der Waals surface area contributed by atoms with E-state index in [0.29, 0.717) is 0 Å². The van der Waals surface area contributed by atoms with E-state index in [9.17, 15) is 0 Å². The van der Waals surface area contributed by atoms with Gasteiger partial charge in [0.15, 0.2) is 0 Å². The molecule has 75 valence electrons. The van der Waals surface area contributed by atoms with Crippen LogP contribution in [-0.4, -0.2) is 0 Å². The molecule has 0 N–H and O–H groups in total. The summed E-state index contributed by atoms with van der Waals surface area (Å²) in [4.78, 5) is 0. The summed E-state index contributed by atoms with van der Waals surface area (Å²) in [5, 5.41) is 0. The zero-order chi connectivity index (χ0) is 7.23. The second kappa shape index (κ2) is 13.8. The Balaban J connectivity index is -0.000000333. The van der Waals surface area contributed by atoms with E-state index in [0.717, 1.165) is 0 Å². The smallest absolute Gasteiger partial charge is 1.00 e. The van der Waals surface area contributed by atoms with E-state index < -0.39 is 0 Å². The van der Waals surface area contributed by atoms with Crippen molar-refractivity contribution in [3.63, 3.8) is 0 Å². The largest absolute Gasteiger partial charge is 1.00 e. The van der Waals surface area contributed by atoms with Crippen LogP contribution in [0, 0.1) is 0 Å². The normalized spacial score (nSPS) is 11.6. The van der Waals surface area contributed by atoms with Crippen LogP contribution >= 0.6 is 0 Å². The third-order valence-corrected chi connectivity index (χ3v) is 6.79. The molecule has 0 atom stereocenters. The molecule has 0 spiro atoms. The number of unbranched alkanes of at least 4 members (excludes halogenated alkanes) is 1. The summed E-state index contributed by atoms with van der Waals surface area (Å²) in [6, 6.07) is 0. The maximum atomic E-state index is 2.35. The predicted molar refractivity (Wildman–Crippen MR) is 41.6 cm³/mol. The Kier molecular flexibility index (Phi) is 21.5. The minimum atomic E-state index is -0.283. The van der Waals surface area contributed by atoms with E-state index in [1.165, 1.54) is 19.3 Å². The van der Waals surface area contributed by atoms with Crippen molar-refractivity contribution in [3.8, 4) is 0 Å². The van der Waals surface area contributed by atoms with Crippen molar-refractivity contribution in [2.24, 2.45) is 0 Å². The first-order chi connectivity index (χ1) is 4.93. The molecule has 0 aromatic carbocycles. The number of hydrogen-bond acceptors (Lipinski definition) is 0. The van der Waals surface area contributed by atoms with Gasteiger partial charge in [-0.1, -0.05) is 0 Å². The standard InChI is InChI=1S/C5H5.C4H9.3BrH.Hf/c1-2-4-5-3-1;1-3-4-2;;;;/h1-3H,4H2;1,3-4H2,2H3;3*1H;/q;;;;;+3/p-3. The summed E-state index contributed by atoms with van der Waals surface area (Å²) in [5.74, 6) is 0. The minimum Gasteiger partial charge on any atom is -1.00 e. The SMILES string of the molecule is CCC[CH2][Hf+3][C]1=CC=CC1.[Br-].[Br-].[Br-]. The first kappa shape index (κ1) is 20.2. The Morgan fingerprint density at radius 1 is 1.31 bits per heavy atom. The summed E-state index contributed by atoms with van der Waals surface area (Å²) in [5.41, 5.74) is 0. The maximum absolute atomic E-state index is 2.35. The molecule has 0 radical (unpaired) electrons. The van der Waals surface area contributed by atoms with Gasteiger partial charge in [0.05, 0.1) is 0 Å². The average Bonchev–Trinajstić information content (AvgIpc) is 2.41. The van der Waals surface area contributed by atoms with E-state index in [-0.39, 0.29) is 73.9 Å². The minimum absolute atomic E-state index is 0. The molecule has 0 aromatic heterocycles. The number of rotatable bonds is 4. The van der Waals surface area contributed by atoms with E-state index >= 15 is 0 Å². The molecule has 0 fully saturated rings. The van der Waals surface area contributed by atoms with Crippen LogP contribution < -0.4 is 50.9 Å². The van der Waals surface area contributed by atoms with Crippen LogP contribution in [0.5, 0.6) is 0 Å². The first-order valence-electron chi connectivity index (χ1n) is 4.03. The number of hydrogen-bond donors (Lipinski definition) is 0. The summed E-state index contributed by atoms with van der Waals surface area (Å²) in [6.45, 7) is 2.28. The molecule has 4 heteroatoms. The topological polar surface area (TPSA) is 0 Å². The molecule has 0 aromatic rings. The molecule has 0 saturated heterocycles. The van der Waals surface area contributed by atoms with E-state index in [1.54, 1.807) is 4.18 Å². The van der Waals surface area contributed by atoms with Crippen molar-refractivity contribution in [1.82, 2.24) is 0 Å². The first-order valence-corrected chi connectivity index (χ1v) is 8.36. The van der Waals surface area contributed by atoms with Gasteiger partial charge in [-0.25, -0.2) is 0 Å². The molecule has 13 heavy (non-hydrogen) atoms. The Bertz CT molecular complexity index is 155. The van der Waals surface area contributed by atoms with Crippen molar-refractivity contribution in [2.45, 2.75) is 30.4 Å². The van der Waals surface area contributed by atoms with E-state index in [4.69, 9.17) is 0 Å². The Hall–Kier alpha value is 1.79. The van der Waals surface area contributed by atoms with Gasteiger partial charge in [-0.15, -0.1) is 0 Å². The number of allylic oxidation sites excluding steroid dienone is 4. The van der Waals surface area contributed by atoms with E-state index in [1.807, 2.05) is 3.33 Å². The van der Waals surface area contributed by atoms with Gasteiger partial charge in [0.25, 0.3) is 0 Å². The summed E-state index contributed by atoms with van der Waals surface area (Å²) in [6.07, 6.45) is 11.0. The van der Waals surface area contributed by atoms with Crippen LogP contribution in [0.3, 0.4) is 0 Å². The fourth-order valence-corrected chi connectivity index (χ4v) is 5.77. The Labute approximate surface area is 124 Å². The van der Waals surface area contributed by atoms with Gasteiger partial charge in [0.2, 0.25) is 0 Å². The third-order valence-electron chi connectivity index (χ3n) is 1.65. The average molecular weight is 540 g/mol. The molecule has 1 aliphatic carbocycles. The van der Waals surface area contributed by atoms with Gasteiger partial charge in [-0.2, -0.15) is 0 Å². The zero-order valence-corrected chi connectivity index (χ0v) is 16.0. The van der Waals surface area contributed by atoms with Gasteiger partial charge in [0, 0.05) is 0 Å². The fourth-order valence-electron chi connectivity index (χ4n) is 1.00. The van der Waals surface area contributed by atoms with Crippen molar-refractivity contribution >= 4 is 0 Å². The Morgan fingerprint density at radius 3 is 2.46 bits per heavy atom. The van der Waals surface area contributed by atoms with Crippen molar-refractivity contribution in [2.75, 3.05) is 0 Å². The van der Waals surface area contributed by atoms with Gasteiger partial charge < -0.3 is 50.9 Å². The van der Waals surface area contributed by atoms with Crippen molar-refractivity contribution in [3.05, 3.63) is 21.6 Å². The van der Waals surface area contributed by atoms with Crippen LogP contribution in [0.2, 0.25) is 4.18 Å². The molecular weight excluding hydrogens is 526 g/mol. The Morgan fingerprint density at radius 2 is 2.00 bits per heavy atom. The molecule has 1 rings (SSSR count). The molecule has 0 saturated carbocycles. The monoisotopic (exact) mass is 539 g/mol.